The first-order chi connectivity index (χ1) is 12.7. The van der Waals surface area contributed by atoms with Gasteiger partial charge in [-0.25, -0.2) is 13.2 Å². The average Bonchev–Trinajstić information content (AvgIpc) is 3.04. The average molecular weight is 427 g/mol. The number of hydrogen-bond donors (Lipinski definition) is 1. The molecule has 160 valence electrons. The molecular formula is C16H24F3N3O5S. The zero-order valence-electron chi connectivity index (χ0n) is 16.0. The summed E-state index contributed by atoms with van der Waals surface area (Å²) in [6.07, 6.45) is -2.89. The van der Waals surface area contributed by atoms with E-state index in [1.54, 1.807) is 29.9 Å². The predicted octanol–water partition coefficient (Wildman–Crippen LogP) is 1.86. The largest absolute Gasteiger partial charge is 0.490 e. The molecule has 1 N–H and O–H groups in total. The molecule has 2 aliphatic heterocycles. The summed E-state index contributed by atoms with van der Waals surface area (Å²) in [6.45, 7) is 6.72. The number of ether oxygens (including phenoxy) is 1. The van der Waals surface area contributed by atoms with Crippen molar-refractivity contribution in [2.45, 2.75) is 56.9 Å². The quantitative estimate of drug-likeness (QED) is 0.773. The van der Waals surface area contributed by atoms with Crippen molar-refractivity contribution in [2.75, 3.05) is 13.1 Å². The van der Waals surface area contributed by atoms with E-state index in [2.05, 4.69) is 12.0 Å². The van der Waals surface area contributed by atoms with E-state index >= 15 is 0 Å². The molecule has 3 heterocycles. The summed E-state index contributed by atoms with van der Waals surface area (Å²) in [4.78, 5) is 9.27. The van der Waals surface area contributed by atoms with Crippen LogP contribution in [-0.4, -0.2) is 65.1 Å². The van der Waals surface area contributed by atoms with Gasteiger partial charge in [-0.2, -0.15) is 22.6 Å². The number of hydrogen-bond acceptors (Lipinski definition) is 5. The smallest absolute Gasteiger partial charge is 0.475 e. The maximum Gasteiger partial charge on any atom is 0.490 e. The highest BCUT2D eigenvalue weighted by Crippen LogP contribution is 2.35. The Hall–Kier alpha value is -1.66. The summed E-state index contributed by atoms with van der Waals surface area (Å²) in [7, 11) is -1.69. The molecule has 3 rings (SSSR count). The van der Waals surface area contributed by atoms with E-state index in [0.29, 0.717) is 35.3 Å². The highest BCUT2D eigenvalue weighted by molar-refractivity contribution is 7.89. The second-order valence-corrected chi connectivity index (χ2v) is 8.93. The lowest BCUT2D eigenvalue weighted by Gasteiger charge is -2.33. The fourth-order valence-corrected chi connectivity index (χ4v) is 5.55. The fourth-order valence-electron chi connectivity index (χ4n) is 3.64. The third kappa shape index (κ3) is 4.66. The van der Waals surface area contributed by atoms with Crippen molar-refractivity contribution < 1.29 is 36.2 Å². The Balaban J connectivity index is 0.000000345. The minimum absolute atomic E-state index is 0.225. The summed E-state index contributed by atoms with van der Waals surface area (Å²) < 4.78 is 66.7. The van der Waals surface area contributed by atoms with E-state index in [1.165, 1.54) is 0 Å². The molecule has 0 aliphatic carbocycles. The van der Waals surface area contributed by atoms with Gasteiger partial charge in [0.2, 0.25) is 10.0 Å². The minimum Gasteiger partial charge on any atom is -0.475 e. The van der Waals surface area contributed by atoms with Gasteiger partial charge in [-0.3, -0.25) is 4.68 Å². The van der Waals surface area contributed by atoms with Crippen molar-refractivity contribution in [2.24, 2.45) is 13.0 Å². The molecule has 0 bridgehead atoms. The highest BCUT2D eigenvalue weighted by atomic mass is 32.2. The van der Waals surface area contributed by atoms with Crippen LogP contribution >= 0.6 is 0 Å². The number of aryl methyl sites for hydroxylation is 2. The summed E-state index contributed by atoms with van der Waals surface area (Å²) in [5, 5.41) is 11.4. The van der Waals surface area contributed by atoms with E-state index in [-0.39, 0.29) is 12.2 Å². The first-order valence-electron chi connectivity index (χ1n) is 8.71. The zero-order valence-corrected chi connectivity index (χ0v) is 16.8. The van der Waals surface area contributed by atoms with E-state index < -0.39 is 22.2 Å². The van der Waals surface area contributed by atoms with Gasteiger partial charge in [0.25, 0.3) is 0 Å². The van der Waals surface area contributed by atoms with Gasteiger partial charge in [0, 0.05) is 26.1 Å². The Morgan fingerprint density at radius 3 is 2.36 bits per heavy atom. The standard InChI is InChI=1S/C14H23N3O3S.C2HF3O2/c1-9-7-12-8-17(6-5-13(12)20-9)21(18,19)14-10(2)15-16(4)11(14)3;3-2(4,5)1(6)7/h9,12-13H,5-8H2,1-4H3;(H,6,7)/t9-,12-,13-;/m0./s1. The van der Waals surface area contributed by atoms with Crippen LogP contribution in [0.3, 0.4) is 0 Å². The monoisotopic (exact) mass is 427 g/mol. The Bertz CT molecular complexity index is 837. The number of rotatable bonds is 2. The molecule has 12 heteroatoms. The number of piperidine rings is 1. The maximum atomic E-state index is 12.9. The van der Waals surface area contributed by atoms with E-state index in [1.807, 2.05) is 0 Å². The Kier molecular flexibility index (Phi) is 6.46. The van der Waals surface area contributed by atoms with Crippen molar-refractivity contribution in [1.82, 2.24) is 14.1 Å². The van der Waals surface area contributed by atoms with Gasteiger partial charge in [0.15, 0.2) is 0 Å². The van der Waals surface area contributed by atoms with E-state index in [4.69, 9.17) is 14.6 Å². The second kappa shape index (κ2) is 7.99. The Morgan fingerprint density at radius 1 is 1.32 bits per heavy atom. The Morgan fingerprint density at radius 2 is 1.89 bits per heavy atom. The first-order valence-corrected chi connectivity index (χ1v) is 10.1. The van der Waals surface area contributed by atoms with Gasteiger partial charge in [0.1, 0.15) is 4.90 Å². The molecular weight excluding hydrogens is 403 g/mol. The number of carboxylic acids is 1. The number of fused-ring (bicyclic) bond motifs is 1. The molecule has 2 fully saturated rings. The summed E-state index contributed by atoms with van der Waals surface area (Å²) >= 11 is 0. The van der Waals surface area contributed by atoms with Crippen LogP contribution in [0, 0.1) is 19.8 Å². The number of aliphatic carboxylic acids is 1. The van der Waals surface area contributed by atoms with E-state index in [9.17, 15) is 21.6 Å². The molecule has 1 aromatic rings. The van der Waals surface area contributed by atoms with Gasteiger partial charge in [-0.1, -0.05) is 0 Å². The van der Waals surface area contributed by atoms with Gasteiger partial charge in [-0.05, 0) is 33.6 Å². The van der Waals surface area contributed by atoms with Crippen molar-refractivity contribution >= 4 is 16.0 Å². The van der Waals surface area contributed by atoms with Crippen LogP contribution < -0.4 is 0 Å². The molecule has 0 amide bonds. The van der Waals surface area contributed by atoms with Gasteiger partial charge >= 0.3 is 12.1 Å². The predicted molar refractivity (Wildman–Crippen MR) is 92.2 cm³/mol. The second-order valence-electron chi connectivity index (χ2n) is 7.06. The van der Waals surface area contributed by atoms with Gasteiger partial charge in [-0.15, -0.1) is 0 Å². The maximum absolute atomic E-state index is 12.9. The third-order valence-corrected chi connectivity index (χ3v) is 7.07. The number of carboxylic acid groups (broad SMARTS) is 1. The van der Waals surface area contributed by atoms with Crippen LogP contribution in [0.25, 0.3) is 0 Å². The van der Waals surface area contributed by atoms with E-state index in [0.717, 1.165) is 12.8 Å². The van der Waals surface area contributed by atoms with Crippen molar-refractivity contribution in [3.8, 4) is 0 Å². The molecule has 1 aromatic heterocycles. The SMILES string of the molecule is Cc1nn(C)c(C)c1S(=O)(=O)N1CC[C@@H]2O[C@@H](C)C[C@H]2C1.O=C(O)C(F)(F)F. The summed E-state index contributed by atoms with van der Waals surface area (Å²) in [5.41, 5.74) is 1.28. The molecule has 8 nitrogen and oxygen atoms in total. The lowest BCUT2D eigenvalue weighted by Crippen LogP contribution is -2.44. The fraction of sp³-hybridized carbons (Fsp3) is 0.750. The molecule has 2 aliphatic rings. The number of carbonyl (C=O) groups is 1. The molecule has 2 saturated heterocycles. The molecule has 0 radical (unpaired) electrons. The van der Waals surface area contributed by atoms with Crippen molar-refractivity contribution in [3.63, 3.8) is 0 Å². The van der Waals surface area contributed by atoms with Gasteiger partial charge in [0.05, 0.1) is 23.6 Å². The number of sulfonamides is 1. The zero-order chi connectivity index (χ0) is 21.4. The van der Waals surface area contributed by atoms with Crippen LogP contribution in [0.2, 0.25) is 0 Å². The molecule has 0 saturated carbocycles. The van der Waals surface area contributed by atoms with Crippen LogP contribution in [0.4, 0.5) is 13.2 Å². The van der Waals surface area contributed by atoms with Crippen LogP contribution in [0.5, 0.6) is 0 Å². The highest BCUT2D eigenvalue weighted by Gasteiger charge is 2.42. The molecule has 0 spiro atoms. The number of halogens is 3. The molecule has 0 aromatic carbocycles. The van der Waals surface area contributed by atoms with Crippen LogP contribution in [0.1, 0.15) is 31.2 Å². The normalized spacial score (nSPS) is 25.8. The first kappa shape index (κ1) is 22.6. The van der Waals surface area contributed by atoms with Crippen LogP contribution in [-0.2, 0) is 26.6 Å². The third-order valence-electron chi connectivity index (χ3n) is 4.95. The number of alkyl halides is 3. The molecule has 28 heavy (non-hydrogen) atoms. The summed E-state index contributed by atoms with van der Waals surface area (Å²) in [5.74, 6) is -2.44. The van der Waals surface area contributed by atoms with Crippen molar-refractivity contribution in [3.05, 3.63) is 11.4 Å². The molecule has 3 atom stereocenters. The topological polar surface area (TPSA) is 102 Å². The Labute approximate surface area is 161 Å². The van der Waals surface area contributed by atoms with Gasteiger partial charge < -0.3 is 9.84 Å². The molecule has 0 unspecified atom stereocenters. The lowest BCUT2D eigenvalue weighted by atomic mass is 9.94. The minimum atomic E-state index is -5.08. The number of aromatic nitrogens is 2. The van der Waals surface area contributed by atoms with Crippen LogP contribution in [0.15, 0.2) is 4.90 Å². The van der Waals surface area contributed by atoms with Crippen molar-refractivity contribution in [1.29, 1.82) is 0 Å². The lowest BCUT2D eigenvalue weighted by molar-refractivity contribution is -0.192. The number of nitrogens with zero attached hydrogens (tertiary/aromatic N) is 3. The summed E-state index contributed by atoms with van der Waals surface area (Å²) in [6, 6.07) is 0.